The average molecular weight is 444 g/mol. The molecule has 1 aromatic heterocycles. The van der Waals surface area contributed by atoms with Crippen molar-refractivity contribution in [2.24, 2.45) is 9.54 Å². The fourth-order valence-corrected chi connectivity index (χ4v) is 5.39. The number of benzene rings is 2. The van der Waals surface area contributed by atoms with Crippen molar-refractivity contribution in [2.75, 3.05) is 0 Å². The van der Waals surface area contributed by atoms with Gasteiger partial charge in [0, 0.05) is 11.6 Å². The van der Waals surface area contributed by atoms with E-state index in [1.54, 1.807) is 16.7 Å². The minimum atomic E-state index is -3.98. The summed E-state index contributed by atoms with van der Waals surface area (Å²) in [7, 11) is -7.85. The summed E-state index contributed by atoms with van der Waals surface area (Å²) in [5.74, 6) is 0. The Morgan fingerprint density at radius 2 is 1.74 bits per heavy atom. The predicted molar refractivity (Wildman–Crippen MR) is 106 cm³/mol. The summed E-state index contributed by atoms with van der Waals surface area (Å²) in [5, 5.41) is 5.58. The molecule has 0 bridgehead atoms. The van der Waals surface area contributed by atoms with E-state index in [0.29, 0.717) is 21.8 Å². The number of nitrogens with zero attached hydrogens (tertiary/aromatic N) is 2. The number of primary sulfonamides is 1. The lowest BCUT2D eigenvalue weighted by molar-refractivity contribution is 0.595. The Hall–Kier alpha value is -1.98. The molecule has 3 aromatic rings. The van der Waals surface area contributed by atoms with Gasteiger partial charge in [0.1, 0.15) is 0 Å². The molecule has 11 heteroatoms. The van der Waals surface area contributed by atoms with Gasteiger partial charge in [0.15, 0.2) is 0 Å². The van der Waals surface area contributed by atoms with Crippen LogP contribution < -0.4 is 9.94 Å². The van der Waals surface area contributed by atoms with Crippen LogP contribution >= 0.6 is 22.9 Å². The van der Waals surface area contributed by atoms with Crippen LogP contribution in [0.1, 0.15) is 0 Å². The van der Waals surface area contributed by atoms with E-state index in [1.165, 1.54) is 36.4 Å². The van der Waals surface area contributed by atoms with Crippen LogP contribution in [0.3, 0.4) is 0 Å². The van der Waals surface area contributed by atoms with Crippen molar-refractivity contribution in [1.29, 1.82) is 0 Å². The second-order valence-electron chi connectivity index (χ2n) is 5.48. The smallest absolute Gasteiger partial charge is 0.285 e. The summed E-state index contributed by atoms with van der Waals surface area (Å²) in [6.07, 6.45) is 1.59. The van der Waals surface area contributed by atoms with Crippen molar-refractivity contribution in [3.63, 3.8) is 0 Å². The number of halogens is 1. The summed E-state index contributed by atoms with van der Waals surface area (Å²) in [6.45, 7) is 3.96. The van der Waals surface area contributed by atoms with Gasteiger partial charge in [-0.05, 0) is 42.5 Å². The van der Waals surface area contributed by atoms with Gasteiger partial charge in [0.25, 0.3) is 10.0 Å². The normalized spacial score (nSPS) is 13.2. The van der Waals surface area contributed by atoms with Crippen LogP contribution in [-0.2, 0) is 26.6 Å². The molecule has 0 saturated carbocycles. The van der Waals surface area contributed by atoms with Gasteiger partial charge in [-0.25, -0.2) is 13.6 Å². The molecule has 2 aromatic carbocycles. The van der Waals surface area contributed by atoms with Gasteiger partial charge >= 0.3 is 0 Å². The second-order valence-corrected chi connectivity index (χ2v) is 10.1. The molecule has 0 aliphatic rings. The van der Waals surface area contributed by atoms with Crippen LogP contribution in [0.25, 0.3) is 10.2 Å². The third kappa shape index (κ3) is 4.14. The number of sulfonamides is 2. The maximum Gasteiger partial charge on any atom is 0.285 e. The fraction of sp³-hybridized carbons (Fsp3) is 0.0625. The lowest BCUT2D eigenvalue weighted by atomic mass is 10.3. The molecule has 1 heterocycles. The minimum absolute atomic E-state index is 0.000246. The lowest BCUT2D eigenvalue weighted by Gasteiger charge is -2.03. The zero-order chi connectivity index (χ0) is 19.8. The maximum atomic E-state index is 12.6. The summed E-state index contributed by atoms with van der Waals surface area (Å²) >= 11 is 6.84. The first-order chi connectivity index (χ1) is 12.6. The molecule has 0 atom stereocenters. The Balaban J connectivity index is 2.26. The monoisotopic (exact) mass is 443 g/mol. The standard InChI is InChI=1S/C16H14ClN3O4S3/c1-2-9-20-14-8-7-13(26(18,21)22)10-15(14)25-16(20)19-27(23,24)12-5-3-11(17)4-6-12/h2-8,10H,1,9H2,(H2,18,21,22)/b19-16-. The van der Waals surface area contributed by atoms with Crippen molar-refractivity contribution in [3.8, 4) is 0 Å². The first-order valence-electron chi connectivity index (χ1n) is 7.45. The number of thiazole rings is 1. The molecule has 0 amide bonds. The summed E-state index contributed by atoms with van der Waals surface area (Å²) in [5.41, 5.74) is 0.623. The minimum Gasteiger partial charge on any atom is -0.312 e. The predicted octanol–water partition coefficient (Wildman–Crippen LogP) is 2.48. The second kappa shape index (κ2) is 7.21. The first kappa shape index (κ1) is 19.8. The summed E-state index contributed by atoms with van der Waals surface area (Å²) in [6, 6.07) is 9.97. The van der Waals surface area contributed by atoms with E-state index in [0.717, 1.165) is 11.3 Å². The van der Waals surface area contributed by atoms with Gasteiger partial charge in [-0.15, -0.1) is 11.0 Å². The molecule has 0 unspecified atom stereocenters. The number of allylic oxidation sites excluding steroid dienone is 1. The third-order valence-corrected chi connectivity index (χ3v) is 7.21. The van der Waals surface area contributed by atoms with E-state index < -0.39 is 20.0 Å². The van der Waals surface area contributed by atoms with E-state index in [4.69, 9.17) is 16.7 Å². The van der Waals surface area contributed by atoms with E-state index in [9.17, 15) is 16.8 Å². The molecule has 0 saturated heterocycles. The number of hydrogen-bond donors (Lipinski definition) is 1. The quantitative estimate of drug-likeness (QED) is 0.610. The molecule has 2 N–H and O–H groups in total. The summed E-state index contributed by atoms with van der Waals surface area (Å²) in [4.78, 5) is 0.125. The van der Waals surface area contributed by atoms with Crippen LogP contribution in [0.2, 0.25) is 5.02 Å². The van der Waals surface area contributed by atoms with Crippen LogP contribution in [-0.4, -0.2) is 21.4 Å². The lowest BCUT2D eigenvalue weighted by Crippen LogP contribution is -2.16. The number of hydrogen-bond acceptors (Lipinski definition) is 5. The Labute approximate surface area is 165 Å². The van der Waals surface area contributed by atoms with E-state index >= 15 is 0 Å². The topological polar surface area (TPSA) is 112 Å². The highest BCUT2D eigenvalue weighted by Gasteiger charge is 2.16. The molecule has 0 spiro atoms. The molecule has 27 heavy (non-hydrogen) atoms. The number of nitrogens with two attached hydrogens (primary N) is 1. The number of rotatable bonds is 5. The number of aromatic nitrogens is 1. The largest absolute Gasteiger partial charge is 0.312 e. The van der Waals surface area contributed by atoms with Gasteiger partial charge < -0.3 is 4.57 Å². The van der Waals surface area contributed by atoms with Gasteiger partial charge in [-0.2, -0.15) is 8.42 Å². The third-order valence-electron chi connectivity index (χ3n) is 3.60. The zero-order valence-corrected chi connectivity index (χ0v) is 16.9. The molecule has 3 rings (SSSR count). The van der Waals surface area contributed by atoms with Gasteiger partial charge in [0.05, 0.1) is 20.0 Å². The average Bonchev–Trinajstić information content (AvgIpc) is 2.91. The van der Waals surface area contributed by atoms with Crippen molar-refractivity contribution in [1.82, 2.24) is 4.57 Å². The Morgan fingerprint density at radius 1 is 1.11 bits per heavy atom. The Bertz CT molecular complexity index is 1310. The van der Waals surface area contributed by atoms with E-state index in [-0.39, 0.29) is 14.6 Å². The Morgan fingerprint density at radius 3 is 2.33 bits per heavy atom. The van der Waals surface area contributed by atoms with Crippen molar-refractivity contribution in [2.45, 2.75) is 16.3 Å². The van der Waals surface area contributed by atoms with Gasteiger partial charge in [-0.1, -0.05) is 29.0 Å². The van der Waals surface area contributed by atoms with Crippen LogP contribution in [0.15, 0.2) is 69.3 Å². The molecule has 0 fully saturated rings. The molecular weight excluding hydrogens is 430 g/mol. The van der Waals surface area contributed by atoms with Gasteiger partial charge in [-0.3, -0.25) is 0 Å². The highest BCUT2D eigenvalue weighted by molar-refractivity contribution is 7.90. The maximum absolute atomic E-state index is 12.6. The first-order valence-corrected chi connectivity index (χ1v) is 11.6. The molecule has 0 radical (unpaired) electrons. The van der Waals surface area contributed by atoms with Gasteiger partial charge in [0.2, 0.25) is 14.8 Å². The molecule has 0 aliphatic carbocycles. The molecule has 0 aliphatic heterocycles. The molecule has 7 nitrogen and oxygen atoms in total. The van der Waals surface area contributed by atoms with Crippen molar-refractivity contribution < 1.29 is 16.8 Å². The zero-order valence-electron chi connectivity index (χ0n) is 13.7. The number of fused-ring (bicyclic) bond motifs is 1. The SMILES string of the molecule is C=CCn1/c(=N/S(=O)(=O)c2ccc(Cl)cc2)sc2cc(S(N)(=O)=O)ccc21. The van der Waals surface area contributed by atoms with Crippen molar-refractivity contribution in [3.05, 3.63) is 64.9 Å². The Kier molecular flexibility index (Phi) is 5.28. The van der Waals surface area contributed by atoms with E-state index in [2.05, 4.69) is 11.0 Å². The fourth-order valence-electron chi connectivity index (χ4n) is 2.37. The van der Waals surface area contributed by atoms with Crippen LogP contribution in [0, 0.1) is 0 Å². The van der Waals surface area contributed by atoms with Crippen LogP contribution in [0.4, 0.5) is 0 Å². The van der Waals surface area contributed by atoms with E-state index in [1.807, 2.05) is 0 Å². The highest BCUT2D eigenvalue weighted by atomic mass is 35.5. The van der Waals surface area contributed by atoms with Crippen molar-refractivity contribution >= 4 is 53.2 Å². The summed E-state index contributed by atoms with van der Waals surface area (Å²) < 4.78 is 54.4. The molecular formula is C16H14ClN3O4S3. The van der Waals surface area contributed by atoms with Crippen LogP contribution in [0.5, 0.6) is 0 Å². The highest BCUT2D eigenvalue weighted by Crippen LogP contribution is 2.22. The molecule has 142 valence electrons.